The van der Waals surface area contributed by atoms with Crippen LogP contribution < -0.4 is 0 Å². The first kappa shape index (κ1) is 27.8. The molecule has 2 aromatic carbocycles. The van der Waals surface area contributed by atoms with Gasteiger partial charge in [-0.05, 0) is 41.3 Å². The summed E-state index contributed by atoms with van der Waals surface area (Å²) in [6.45, 7) is 2.27. The van der Waals surface area contributed by atoms with E-state index in [0.29, 0.717) is 14.9 Å². The van der Waals surface area contributed by atoms with Crippen molar-refractivity contribution in [3.8, 4) is 0 Å². The van der Waals surface area contributed by atoms with Gasteiger partial charge in [-0.2, -0.15) is 0 Å². The first-order valence-electron chi connectivity index (χ1n) is 10.9. The highest BCUT2D eigenvalue weighted by atomic mass is 35.5. The van der Waals surface area contributed by atoms with Crippen LogP contribution in [0.2, 0.25) is 25.1 Å². The van der Waals surface area contributed by atoms with Crippen LogP contribution in [0.4, 0.5) is 0 Å². The maximum Gasteiger partial charge on any atom is 0.0809 e. The number of hydrogen-bond acceptors (Lipinski definition) is 2. The molecular weight excluding hydrogens is 530 g/mol. The van der Waals surface area contributed by atoms with Crippen molar-refractivity contribution in [1.29, 1.82) is 0 Å². The first-order valence-corrected chi connectivity index (χ1v) is 14.9. The fraction of sp³-hybridized carbons (Fsp3) is 0.500. The Kier molecular flexibility index (Phi) is 13.9. The van der Waals surface area contributed by atoms with E-state index >= 15 is 0 Å². The molecule has 0 saturated heterocycles. The zero-order valence-corrected chi connectivity index (χ0v) is 23.2. The van der Waals surface area contributed by atoms with Gasteiger partial charge in [-0.25, -0.2) is 0 Å². The fourth-order valence-corrected chi connectivity index (χ4v) is 7.18. The summed E-state index contributed by atoms with van der Waals surface area (Å²) in [6.07, 6.45) is 14.8. The summed E-state index contributed by atoms with van der Waals surface area (Å²) < 4.78 is 0. The highest BCUT2D eigenvalue weighted by Crippen LogP contribution is 2.51. The van der Waals surface area contributed by atoms with E-state index in [9.17, 15) is 0 Å². The molecular formula is C24H29Cl5S2. The molecule has 2 aromatic rings. The maximum absolute atomic E-state index is 6.30. The molecule has 172 valence electrons. The van der Waals surface area contributed by atoms with Crippen LogP contribution in [0.5, 0.6) is 0 Å². The third kappa shape index (κ3) is 9.39. The lowest BCUT2D eigenvalue weighted by molar-refractivity contribution is 0.556. The zero-order chi connectivity index (χ0) is 22.6. The molecule has 0 aromatic heterocycles. The van der Waals surface area contributed by atoms with Gasteiger partial charge in [0.15, 0.2) is 0 Å². The zero-order valence-electron chi connectivity index (χ0n) is 17.8. The van der Waals surface area contributed by atoms with E-state index in [0.717, 1.165) is 11.3 Å². The average molecular weight is 559 g/mol. The number of benzene rings is 2. The van der Waals surface area contributed by atoms with Crippen molar-refractivity contribution in [1.82, 2.24) is 0 Å². The van der Waals surface area contributed by atoms with Crippen molar-refractivity contribution < 1.29 is 0 Å². The van der Waals surface area contributed by atoms with Crippen molar-refractivity contribution in [2.24, 2.45) is 0 Å². The summed E-state index contributed by atoms with van der Waals surface area (Å²) in [7, 11) is 3.00. The highest BCUT2D eigenvalue weighted by Gasteiger charge is 2.20. The molecule has 0 radical (unpaired) electrons. The molecule has 0 aliphatic heterocycles. The summed E-state index contributed by atoms with van der Waals surface area (Å²) >= 11 is 30.9. The molecule has 2 rings (SSSR count). The summed E-state index contributed by atoms with van der Waals surface area (Å²) in [6, 6.07) is 8.65. The molecule has 31 heavy (non-hydrogen) atoms. The number of unbranched alkanes of at least 4 members (excludes halogenated alkanes) is 9. The van der Waals surface area contributed by atoms with Crippen LogP contribution in [0.15, 0.2) is 34.1 Å². The molecule has 0 amide bonds. The van der Waals surface area contributed by atoms with Crippen LogP contribution in [0.3, 0.4) is 0 Å². The summed E-state index contributed by atoms with van der Waals surface area (Å²) in [4.78, 5) is 1.74. The average Bonchev–Trinajstić information content (AvgIpc) is 2.78. The van der Waals surface area contributed by atoms with Gasteiger partial charge in [0.25, 0.3) is 0 Å². The third-order valence-electron chi connectivity index (χ3n) is 5.13. The van der Waals surface area contributed by atoms with Crippen molar-refractivity contribution in [3.05, 3.63) is 54.9 Å². The Hall–Kier alpha value is 0.590. The van der Waals surface area contributed by atoms with Crippen LogP contribution in [-0.2, 0) is 6.42 Å². The predicted molar refractivity (Wildman–Crippen MR) is 145 cm³/mol. The lowest BCUT2D eigenvalue weighted by Gasteiger charge is -2.11. The van der Waals surface area contributed by atoms with Crippen LogP contribution in [0, 0.1) is 0 Å². The van der Waals surface area contributed by atoms with Crippen LogP contribution in [0.1, 0.15) is 76.7 Å². The molecule has 7 heteroatoms. The van der Waals surface area contributed by atoms with E-state index in [1.54, 1.807) is 10.8 Å². The van der Waals surface area contributed by atoms with Gasteiger partial charge in [0, 0.05) is 4.90 Å². The van der Waals surface area contributed by atoms with Crippen molar-refractivity contribution in [2.75, 3.05) is 0 Å². The number of aryl methyl sites for hydroxylation is 1. The summed E-state index contributed by atoms with van der Waals surface area (Å²) in [5.74, 6) is 0. The normalized spacial score (nSPS) is 11.3. The largest absolute Gasteiger partial charge is 0.0813 e. The first-order chi connectivity index (χ1) is 15.0. The molecule has 0 saturated carbocycles. The Morgan fingerprint density at radius 2 is 1.00 bits per heavy atom. The van der Waals surface area contributed by atoms with E-state index in [2.05, 4.69) is 31.2 Å². The van der Waals surface area contributed by atoms with Crippen molar-refractivity contribution in [3.63, 3.8) is 0 Å². The Morgan fingerprint density at radius 3 is 1.52 bits per heavy atom. The minimum Gasteiger partial charge on any atom is -0.0813 e. The Labute approximate surface area is 220 Å². The molecule has 0 heterocycles. The Morgan fingerprint density at radius 1 is 0.548 bits per heavy atom. The van der Waals surface area contributed by atoms with Gasteiger partial charge in [0.1, 0.15) is 0 Å². The molecule has 0 aliphatic rings. The fourth-order valence-electron chi connectivity index (χ4n) is 3.28. The van der Waals surface area contributed by atoms with Crippen molar-refractivity contribution in [2.45, 2.75) is 87.3 Å². The molecule has 0 fully saturated rings. The van der Waals surface area contributed by atoms with E-state index in [-0.39, 0.29) is 15.1 Å². The van der Waals surface area contributed by atoms with E-state index in [4.69, 9.17) is 58.0 Å². The maximum atomic E-state index is 6.30. The quantitative estimate of drug-likeness (QED) is 0.0978. The SMILES string of the molecule is CCCCCCCCCCCCc1ccc(SSc2c(Cl)c(Cl)c(Cl)c(Cl)c2Cl)cc1. The monoisotopic (exact) mass is 556 g/mol. The lowest BCUT2D eigenvalue weighted by Crippen LogP contribution is -1.87. The van der Waals surface area contributed by atoms with Gasteiger partial charge in [0.2, 0.25) is 0 Å². The van der Waals surface area contributed by atoms with Gasteiger partial charge in [-0.3, -0.25) is 0 Å². The number of rotatable bonds is 14. The lowest BCUT2D eigenvalue weighted by atomic mass is 10.0. The second-order valence-electron chi connectivity index (χ2n) is 7.64. The summed E-state index contributed by atoms with van der Waals surface area (Å²) in [5, 5.41) is 1.30. The molecule has 0 bridgehead atoms. The van der Waals surface area contributed by atoms with Crippen LogP contribution in [-0.4, -0.2) is 0 Å². The standard InChI is InChI=1S/C24H29Cl5S2/c1-2-3-4-5-6-7-8-9-10-11-12-17-13-15-18(16-14-17)30-31-24-22(28)20(26)19(25)21(27)23(24)29/h13-16H,2-12H2,1H3. The van der Waals surface area contributed by atoms with Gasteiger partial charge in [-0.15, -0.1) is 0 Å². The molecule has 0 unspecified atom stereocenters. The van der Waals surface area contributed by atoms with Gasteiger partial charge < -0.3 is 0 Å². The van der Waals surface area contributed by atoms with Gasteiger partial charge in [0.05, 0.1) is 30.0 Å². The van der Waals surface area contributed by atoms with Crippen LogP contribution >= 0.6 is 79.6 Å². The van der Waals surface area contributed by atoms with Crippen LogP contribution in [0.25, 0.3) is 0 Å². The highest BCUT2D eigenvalue weighted by molar-refractivity contribution is 8.76. The minimum atomic E-state index is 0.184. The van der Waals surface area contributed by atoms with E-state index < -0.39 is 0 Å². The number of halogens is 5. The Balaban J connectivity index is 1.70. The minimum absolute atomic E-state index is 0.184. The third-order valence-corrected chi connectivity index (χ3v) is 10.1. The molecule has 0 nitrogen and oxygen atoms in total. The van der Waals surface area contributed by atoms with Gasteiger partial charge in [-0.1, -0.05) is 146 Å². The van der Waals surface area contributed by atoms with Gasteiger partial charge >= 0.3 is 0 Å². The molecule has 0 N–H and O–H groups in total. The smallest absolute Gasteiger partial charge is 0.0809 e. The predicted octanol–water partition coefficient (Wildman–Crippen LogP) is 12.2. The molecule has 0 spiro atoms. The second-order valence-corrected chi connectivity index (χ2v) is 11.7. The van der Waals surface area contributed by atoms with Crippen molar-refractivity contribution >= 4 is 79.6 Å². The summed E-state index contributed by atoms with van der Waals surface area (Å²) in [5.41, 5.74) is 1.38. The molecule has 0 aliphatic carbocycles. The van der Waals surface area contributed by atoms with E-state index in [1.165, 1.54) is 80.6 Å². The second kappa shape index (κ2) is 15.5. The van der Waals surface area contributed by atoms with E-state index in [1.807, 2.05) is 0 Å². The Bertz CT molecular complexity index is 780. The number of hydrogen-bond donors (Lipinski definition) is 0. The topological polar surface area (TPSA) is 0 Å². The molecule has 0 atom stereocenters.